The van der Waals surface area contributed by atoms with Gasteiger partial charge in [-0.1, -0.05) is 19.1 Å². The highest BCUT2D eigenvalue weighted by molar-refractivity contribution is 6.02. The minimum Gasteiger partial charge on any atom is -0.325 e. The maximum Gasteiger partial charge on any atom is 0.224 e. The SMILES string of the molecule is CCC(=O)Nc1ccnc2ccc(-c3c[nH]nc3-c3cccc(C)n3)cc12. The van der Waals surface area contributed by atoms with E-state index in [1.54, 1.807) is 6.20 Å². The van der Waals surface area contributed by atoms with E-state index in [1.165, 1.54) is 0 Å². The number of fused-ring (bicyclic) bond motifs is 1. The summed E-state index contributed by atoms with van der Waals surface area (Å²) in [6, 6.07) is 13.7. The van der Waals surface area contributed by atoms with Crippen molar-refractivity contribution >= 4 is 22.5 Å². The van der Waals surface area contributed by atoms with Gasteiger partial charge in [0.25, 0.3) is 0 Å². The standard InChI is InChI=1S/C21H19N5O/c1-3-20(27)25-18-9-10-22-17-8-7-14(11-15(17)18)16-12-23-26-21(16)19-6-4-5-13(2)24-19/h4-12H,3H2,1-2H3,(H,23,26)(H,22,25,27). The van der Waals surface area contributed by atoms with Gasteiger partial charge in [0, 0.05) is 35.5 Å². The van der Waals surface area contributed by atoms with Crippen molar-refractivity contribution in [1.82, 2.24) is 20.2 Å². The smallest absolute Gasteiger partial charge is 0.224 e. The number of hydrogen-bond donors (Lipinski definition) is 2. The highest BCUT2D eigenvalue weighted by atomic mass is 16.1. The minimum atomic E-state index is -0.0270. The Morgan fingerprint density at radius 3 is 2.89 bits per heavy atom. The molecule has 27 heavy (non-hydrogen) atoms. The molecular formula is C21H19N5O. The average Bonchev–Trinajstić information content (AvgIpc) is 3.18. The van der Waals surface area contributed by atoms with Crippen LogP contribution in [0.5, 0.6) is 0 Å². The molecule has 1 aromatic carbocycles. The second kappa shape index (κ2) is 6.99. The molecule has 3 aromatic heterocycles. The van der Waals surface area contributed by atoms with Crippen molar-refractivity contribution in [3.63, 3.8) is 0 Å². The van der Waals surface area contributed by atoms with Crippen LogP contribution in [0.1, 0.15) is 19.0 Å². The monoisotopic (exact) mass is 357 g/mol. The van der Waals surface area contributed by atoms with Crippen molar-refractivity contribution in [2.45, 2.75) is 20.3 Å². The van der Waals surface area contributed by atoms with Gasteiger partial charge in [0.15, 0.2) is 0 Å². The molecule has 0 spiro atoms. The van der Waals surface area contributed by atoms with E-state index in [-0.39, 0.29) is 5.91 Å². The van der Waals surface area contributed by atoms with E-state index in [9.17, 15) is 4.79 Å². The number of aromatic nitrogens is 4. The Bertz CT molecular complexity index is 1130. The van der Waals surface area contributed by atoms with Gasteiger partial charge in [-0.2, -0.15) is 5.10 Å². The summed E-state index contributed by atoms with van der Waals surface area (Å²) in [7, 11) is 0. The van der Waals surface area contributed by atoms with Crippen LogP contribution in [0.4, 0.5) is 5.69 Å². The first-order valence-corrected chi connectivity index (χ1v) is 8.82. The van der Waals surface area contributed by atoms with Crippen LogP contribution in [0.25, 0.3) is 33.4 Å². The summed E-state index contributed by atoms with van der Waals surface area (Å²) >= 11 is 0. The molecule has 3 heterocycles. The number of pyridine rings is 2. The number of nitrogens with one attached hydrogen (secondary N) is 2. The predicted molar refractivity (Wildman–Crippen MR) is 106 cm³/mol. The third-order valence-corrected chi connectivity index (χ3v) is 4.42. The van der Waals surface area contributed by atoms with Crippen LogP contribution in [0.2, 0.25) is 0 Å². The molecule has 134 valence electrons. The first-order valence-electron chi connectivity index (χ1n) is 8.82. The van der Waals surface area contributed by atoms with E-state index in [0.717, 1.165) is 44.8 Å². The summed E-state index contributed by atoms with van der Waals surface area (Å²) in [6.45, 7) is 3.79. The summed E-state index contributed by atoms with van der Waals surface area (Å²) in [5, 5.41) is 11.2. The van der Waals surface area contributed by atoms with Gasteiger partial charge in [-0.3, -0.25) is 19.9 Å². The van der Waals surface area contributed by atoms with Gasteiger partial charge in [0.2, 0.25) is 5.91 Å². The van der Waals surface area contributed by atoms with Crippen molar-refractivity contribution < 1.29 is 4.79 Å². The second-order valence-electron chi connectivity index (χ2n) is 6.30. The molecule has 0 atom stereocenters. The molecule has 4 rings (SSSR count). The lowest BCUT2D eigenvalue weighted by Crippen LogP contribution is -2.09. The molecule has 0 saturated carbocycles. The number of aryl methyl sites for hydroxylation is 1. The van der Waals surface area contributed by atoms with Gasteiger partial charge < -0.3 is 5.32 Å². The van der Waals surface area contributed by atoms with E-state index in [2.05, 4.69) is 25.5 Å². The molecule has 0 unspecified atom stereocenters. The minimum absolute atomic E-state index is 0.0270. The number of carbonyl (C=O) groups is 1. The van der Waals surface area contributed by atoms with Gasteiger partial charge in [-0.25, -0.2) is 0 Å². The summed E-state index contributed by atoms with van der Waals surface area (Å²) < 4.78 is 0. The Morgan fingerprint density at radius 2 is 2.07 bits per heavy atom. The third-order valence-electron chi connectivity index (χ3n) is 4.42. The van der Waals surface area contributed by atoms with E-state index in [0.29, 0.717) is 6.42 Å². The molecule has 0 bridgehead atoms. The Labute approximate surface area is 156 Å². The lowest BCUT2D eigenvalue weighted by molar-refractivity contribution is -0.115. The Morgan fingerprint density at radius 1 is 1.19 bits per heavy atom. The molecule has 4 aromatic rings. The number of aromatic amines is 1. The zero-order chi connectivity index (χ0) is 18.8. The Hall–Kier alpha value is -3.54. The Balaban J connectivity index is 1.83. The molecular weight excluding hydrogens is 338 g/mol. The van der Waals surface area contributed by atoms with Crippen LogP contribution >= 0.6 is 0 Å². The lowest BCUT2D eigenvalue weighted by Gasteiger charge is -2.09. The summed E-state index contributed by atoms with van der Waals surface area (Å²) in [4.78, 5) is 20.8. The topological polar surface area (TPSA) is 83.6 Å². The zero-order valence-corrected chi connectivity index (χ0v) is 15.2. The summed E-state index contributed by atoms with van der Waals surface area (Å²) in [5.74, 6) is -0.0270. The maximum atomic E-state index is 11.9. The fourth-order valence-corrected chi connectivity index (χ4v) is 3.04. The fraction of sp³-hybridized carbons (Fsp3) is 0.143. The molecule has 1 amide bonds. The largest absolute Gasteiger partial charge is 0.325 e. The number of rotatable bonds is 4. The van der Waals surface area contributed by atoms with Crippen LogP contribution < -0.4 is 5.32 Å². The van der Waals surface area contributed by atoms with Crippen LogP contribution in [-0.2, 0) is 4.79 Å². The maximum absolute atomic E-state index is 11.9. The van der Waals surface area contributed by atoms with Crippen molar-refractivity contribution in [3.8, 4) is 22.5 Å². The van der Waals surface area contributed by atoms with Gasteiger partial charge in [-0.15, -0.1) is 0 Å². The van der Waals surface area contributed by atoms with Gasteiger partial charge in [0.05, 0.1) is 16.9 Å². The molecule has 0 radical (unpaired) electrons. The van der Waals surface area contributed by atoms with Crippen molar-refractivity contribution in [2.24, 2.45) is 0 Å². The number of hydrogen-bond acceptors (Lipinski definition) is 4. The average molecular weight is 357 g/mol. The first-order chi connectivity index (χ1) is 13.2. The molecule has 0 saturated heterocycles. The molecule has 0 aliphatic rings. The van der Waals surface area contributed by atoms with Gasteiger partial charge in [0.1, 0.15) is 5.69 Å². The highest BCUT2D eigenvalue weighted by Gasteiger charge is 2.14. The molecule has 0 fully saturated rings. The van der Waals surface area contributed by atoms with Crippen molar-refractivity contribution in [3.05, 3.63) is 60.6 Å². The predicted octanol–water partition coefficient (Wildman–Crippen LogP) is 4.34. The van der Waals surface area contributed by atoms with Crippen molar-refractivity contribution in [2.75, 3.05) is 5.32 Å². The molecule has 0 aliphatic carbocycles. The molecule has 6 heteroatoms. The number of amides is 1. The fourth-order valence-electron chi connectivity index (χ4n) is 3.04. The number of benzene rings is 1. The Kier molecular flexibility index (Phi) is 4.38. The van der Waals surface area contributed by atoms with Crippen LogP contribution in [0.3, 0.4) is 0 Å². The highest BCUT2D eigenvalue weighted by Crippen LogP contribution is 2.32. The quantitative estimate of drug-likeness (QED) is 0.569. The van der Waals surface area contributed by atoms with E-state index in [4.69, 9.17) is 0 Å². The van der Waals surface area contributed by atoms with Gasteiger partial charge in [-0.05, 0) is 42.8 Å². The summed E-state index contributed by atoms with van der Waals surface area (Å²) in [6.07, 6.45) is 3.99. The molecule has 6 nitrogen and oxygen atoms in total. The van der Waals surface area contributed by atoms with Gasteiger partial charge >= 0.3 is 0 Å². The molecule has 0 aliphatic heterocycles. The first kappa shape index (κ1) is 16.9. The zero-order valence-electron chi connectivity index (χ0n) is 15.2. The molecule has 2 N–H and O–H groups in total. The van der Waals surface area contributed by atoms with Crippen LogP contribution in [-0.4, -0.2) is 26.1 Å². The second-order valence-corrected chi connectivity index (χ2v) is 6.30. The summed E-state index contributed by atoms with van der Waals surface area (Å²) in [5.41, 5.74) is 6.06. The van der Waals surface area contributed by atoms with Crippen molar-refractivity contribution in [1.29, 1.82) is 0 Å². The number of carbonyl (C=O) groups excluding carboxylic acids is 1. The number of H-pyrrole nitrogens is 1. The third kappa shape index (κ3) is 3.29. The van der Waals surface area contributed by atoms with Crippen LogP contribution in [0.15, 0.2) is 54.9 Å². The lowest BCUT2D eigenvalue weighted by atomic mass is 10.0. The van der Waals surface area contributed by atoms with E-state index in [1.807, 2.05) is 62.5 Å². The van der Waals surface area contributed by atoms with Crippen LogP contribution in [0, 0.1) is 6.92 Å². The van der Waals surface area contributed by atoms with E-state index < -0.39 is 0 Å². The van der Waals surface area contributed by atoms with E-state index >= 15 is 0 Å². The number of nitrogens with zero attached hydrogens (tertiary/aromatic N) is 3. The number of anilines is 1. The normalized spacial score (nSPS) is 10.9.